The SMILES string of the molecule is CO[C@@H](C)c1ncc(C#CCN2CCOCC2)cc1-c1c2c3cc(ccc3n1CCOC1CCOCC1)-c1csc(n1)C(N1CC3(CCOCC3)C1)[C@H](NCC1[C@@H](C)[C@H]1C)C(=O)N1N[C@H](C(=O)OCC(C)(C)C2)C2CC1C2. The number of amides is 1. The lowest BCUT2D eigenvalue weighted by Gasteiger charge is -2.57. The molecule has 1 amide bonds. The Morgan fingerprint density at radius 2 is 1.74 bits per heavy atom. The van der Waals surface area contributed by atoms with Gasteiger partial charge in [-0.2, -0.15) is 0 Å². The topological polar surface area (TPSA) is 154 Å². The third-order valence-electron chi connectivity index (χ3n) is 18.9. The molecule has 2 saturated carbocycles. The van der Waals surface area contributed by atoms with Crippen molar-refractivity contribution < 1.29 is 38.0 Å². The smallest absolute Gasteiger partial charge is 0.325 e. The number of hydrogen-bond acceptors (Lipinski definition) is 15. The van der Waals surface area contributed by atoms with E-state index in [4.69, 9.17) is 38.4 Å². The van der Waals surface area contributed by atoms with Crippen LogP contribution in [0.15, 0.2) is 35.8 Å². The van der Waals surface area contributed by atoms with Crippen LogP contribution in [0.1, 0.15) is 107 Å². The Morgan fingerprint density at radius 3 is 2.49 bits per heavy atom. The minimum absolute atomic E-state index is 0.0107. The van der Waals surface area contributed by atoms with E-state index in [0.29, 0.717) is 57.1 Å². The summed E-state index contributed by atoms with van der Waals surface area (Å²) in [6.07, 6.45) is 7.54. The van der Waals surface area contributed by atoms with Crippen LogP contribution in [-0.4, -0.2) is 165 Å². The molecule has 414 valence electrons. The summed E-state index contributed by atoms with van der Waals surface area (Å²) in [5.74, 6) is 8.36. The number of cyclic esters (lactones) is 1. The fourth-order valence-electron chi connectivity index (χ4n) is 13.6. The number of rotatable bonds is 12. The number of likely N-dealkylation sites (tertiary alicyclic amines) is 1. The van der Waals surface area contributed by atoms with E-state index in [1.54, 1.807) is 18.4 Å². The number of nitrogens with zero attached hydrogens (tertiary/aromatic N) is 6. The highest BCUT2D eigenvalue weighted by molar-refractivity contribution is 7.10. The van der Waals surface area contributed by atoms with Crippen molar-refractivity contribution in [3.8, 4) is 34.4 Å². The lowest BCUT2D eigenvalue weighted by atomic mass is 9.72. The van der Waals surface area contributed by atoms with E-state index in [0.717, 1.165) is 153 Å². The fourth-order valence-corrected chi connectivity index (χ4v) is 14.6. The van der Waals surface area contributed by atoms with E-state index in [9.17, 15) is 4.79 Å². The number of benzene rings is 1. The highest BCUT2D eigenvalue weighted by atomic mass is 32.1. The van der Waals surface area contributed by atoms with Gasteiger partial charge in [-0.3, -0.25) is 29.4 Å². The molecular formula is C60H80N8O8S. The number of carbonyl (C=O) groups is 2. The first-order valence-electron chi connectivity index (χ1n) is 28.8. The average Bonchev–Trinajstić information content (AvgIpc) is 3.76. The molecule has 3 aromatic heterocycles. The zero-order valence-electron chi connectivity index (χ0n) is 46.2. The maximum Gasteiger partial charge on any atom is 0.325 e. The summed E-state index contributed by atoms with van der Waals surface area (Å²) in [4.78, 5) is 45.8. The number of aromatic nitrogens is 3. The molecule has 8 fully saturated rings. The normalized spacial score (nSPS) is 30.0. The third kappa shape index (κ3) is 10.9. The minimum Gasteiger partial charge on any atom is -0.464 e. The van der Waals surface area contributed by atoms with E-state index in [1.165, 1.54) is 0 Å². The molecule has 2 N–H and O–H groups in total. The van der Waals surface area contributed by atoms with E-state index in [2.05, 4.69) is 101 Å². The van der Waals surface area contributed by atoms with Crippen LogP contribution in [0.3, 0.4) is 0 Å². The molecule has 77 heavy (non-hydrogen) atoms. The molecule has 9 aliphatic rings. The van der Waals surface area contributed by atoms with Gasteiger partial charge in [0.05, 0.1) is 68.3 Å². The number of esters is 1. The number of methoxy groups -OCH3 is 1. The van der Waals surface area contributed by atoms with Gasteiger partial charge in [0.15, 0.2) is 0 Å². The van der Waals surface area contributed by atoms with Gasteiger partial charge < -0.3 is 38.3 Å². The summed E-state index contributed by atoms with van der Waals surface area (Å²) in [5.41, 5.74) is 10.8. The van der Waals surface area contributed by atoms with Crippen LogP contribution < -0.4 is 10.7 Å². The summed E-state index contributed by atoms with van der Waals surface area (Å²) < 4.78 is 38.9. The molecule has 1 spiro atoms. The molecule has 0 radical (unpaired) electrons. The van der Waals surface area contributed by atoms with Crippen LogP contribution in [0.2, 0.25) is 0 Å². The van der Waals surface area contributed by atoms with Gasteiger partial charge in [0, 0.05) is 122 Å². The summed E-state index contributed by atoms with van der Waals surface area (Å²) >= 11 is 1.65. The maximum atomic E-state index is 15.5. The fraction of sp³-hybridized carbons (Fsp3) is 0.667. The molecule has 17 heteroatoms. The number of pyridine rings is 1. The van der Waals surface area contributed by atoms with Gasteiger partial charge in [0.25, 0.3) is 5.91 Å². The zero-order chi connectivity index (χ0) is 53.0. The van der Waals surface area contributed by atoms with Crippen LogP contribution in [-0.2, 0) is 51.0 Å². The van der Waals surface area contributed by atoms with Gasteiger partial charge in [-0.1, -0.05) is 45.6 Å². The van der Waals surface area contributed by atoms with Crippen LogP contribution >= 0.6 is 11.3 Å². The first-order valence-corrected chi connectivity index (χ1v) is 29.7. The summed E-state index contributed by atoms with van der Waals surface area (Å²) in [7, 11) is 1.73. The molecule has 10 heterocycles. The summed E-state index contributed by atoms with van der Waals surface area (Å²) in [5, 5.41) is 9.92. The molecule has 4 aromatic rings. The number of thiazole rings is 1. The minimum atomic E-state index is -0.630. The Kier molecular flexibility index (Phi) is 15.5. The van der Waals surface area contributed by atoms with Crippen molar-refractivity contribution in [1.82, 2.24) is 40.1 Å². The zero-order valence-corrected chi connectivity index (χ0v) is 47.0. The number of fused-ring (bicyclic) bond motifs is 4. The predicted molar refractivity (Wildman–Crippen MR) is 295 cm³/mol. The van der Waals surface area contributed by atoms with E-state index in [-0.39, 0.29) is 54.1 Å². The van der Waals surface area contributed by atoms with E-state index in [1.807, 2.05) is 11.2 Å². The Balaban J connectivity index is 0.999. The second kappa shape index (κ2) is 22.3. The molecule has 2 aliphatic carbocycles. The third-order valence-corrected chi connectivity index (χ3v) is 19.8. The Labute approximate surface area is 458 Å². The highest BCUT2D eigenvalue weighted by Crippen LogP contribution is 2.49. The van der Waals surface area contributed by atoms with E-state index < -0.39 is 17.5 Å². The molecule has 16 nitrogen and oxygen atoms in total. The molecule has 6 saturated heterocycles. The first kappa shape index (κ1) is 53.3. The number of hydrazine groups is 1. The molecule has 7 aliphatic heterocycles. The Morgan fingerprint density at radius 1 is 0.987 bits per heavy atom. The van der Waals surface area contributed by atoms with Crippen molar-refractivity contribution in [2.75, 3.05) is 99.2 Å². The quantitative estimate of drug-likeness (QED) is 0.110. The van der Waals surface area contributed by atoms with Crippen LogP contribution in [0, 0.1) is 46.3 Å². The van der Waals surface area contributed by atoms with Crippen molar-refractivity contribution in [2.24, 2.45) is 34.5 Å². The van der Waals surface area contributed by atoms with Crippen LogP contribution in [0.5, 0.6) is 0 Å². The molecule has 2 unspecified atom stereocenters. The van der Waals surface area contributed by atoms with Crippen molar-refractivity contribution in [3.05, 3.63) is 57.7 Å². The van der Waals surface area contributed by atoms with Gasteiger partial charge in [-0.15, -0.1) is 11.3 Å². The molecule has 13 rings (SSSR count). The maximum absolute atomic E-state index is 15.5. The second-order valence-corrected chi connectivity index (χ2v) is 25.5. The highest BCUT2D eigenvalue weighted by Gasteiger charge is 2.55. The Hall–Kier alpha value is -4.32. The van der Waals surface area contributed by atoms with Gasteiger partial charge in [-0.25, -0.2) is 10.4 Å². The molecule has 8 bridgehead atoms. The predicted octanol–water partition coefficient (Wildman–Crippen LogP) is 7.05. The first-order chi connectivity index (χ1) is 37.4. The lowest BCUT2D eigenvalue weighted by molar-refractivity contribution is -0.173. The number of hydrogen-bond donors (Lipinski definition) is 2. The standard InChI is InChI=1S/C60H80N8O8S/c1-37-38(2)48(37)32-62-53-55(66-34-60(35-66)13-21-73-22-14-60)56-63-49(33-77-56)41-9-10-50-45(29-41)47(30-59(4,5)36-76-58(70)52-42-27-43(28-42)68(64-52)57(53)69)54(67(50)18-25-75-44-11-19-72-20-12-44)46-26-40(31-61-51(46)39(3)71-6)8-7-15-65-16-23-74-24-17-65/h9-10,26,29,31,33,37-39,42-44,48,52-53,55,62,64H,11-25,27-28,30,32,34-36H2,1-6H3/t37-,38+,39-,42?,43?,48?,52-,53-,55?/m0/s1. The molecule has 1 aromatic carbocycles. The monoisotopic (exact) mass is 1070 g/mol. The van der Waals surface area contributed by atoms with Crippen LogP contribution in [0.25, 0.3) is 33.4 Å². The number of nitrogens with one attached hydrogen (secondary N) is 2. The average molecular weight is 1070 g/mol. The molecule has 7 atom stereocenters. The van der Waals surface area contributed by atoms with E-state index >= 15 is 4.79 Å². The number of ether oxygens (including phenoxy) is 6. The summed E-state index contributed by atoms with van der Waals surface area (Å²) in [6, 6.07) is 7.44. The van der Waals surface area contributed by atoms with Crippen molar-refractivity contribution in [2.45, 2.75) is 122 Å². The van der Waals surface area contributed by atoms with Crippen molar-refractivity contribution in [1.29, 1.82) is 0 Å². The van der Waals surface area contributed by atoms with Crippen LogP contribution in [0.4, 0.5) is 0 Å². The van der Waals surface area contributed by atoms with Gasteiger partial charge in [-0.05, 0) is 106 Å². The van der Waals surface area contributed by atoms with Crippen molar-refractivity contribution >= 4 is 34.1 Å². The van der Waals surface area contributed by atoms with Gasteiger partial charge in [0.2, 0.25) is 0 Å². The van der Waals surface area contributed by atoms with Crippen molar-refractivity contribution in [3.63, 3.8) is 0 Å². The largest absolute Gasteiger partial charge is 0.464 e. The number of carbonyl (C=O) groups excluding carboxylic acids is 2. The molecular weight excluding hydrogens is 993 g/mol. The van der Waals surface area contributed by atoms with Gasteiger partial charge >= 0.3 is 5.97 Å². The summed E-state index contributed by atoms with van der Waals surface area (Å²) in [6.45, 7) is 21.6. The lowest BCUT2D eigenvalue weighted by Crippen LogP contribution is -2.72. The number of morpholine rings is 1. The Bertz CT molecular complexity index is 2840. The second-order valence-electron chi connectivity index (χ2n) is 24.6. The van der Waals surface area contributed by atoms with Gasteiger partial charge in [0.1, 0.15) is 17.1 Å².